The van der Waals surface area contributed by atoms with E-state index < -0.39 is 0 Å². The molecule has 0 atom stereocenters. The molecule has 4 rings (SSSR count). The number of halogens is 1. The van der Waals surface area contributed by atoms with Crippen LogP contribution in [0, 0.1) is 0 Å². The second-order valence-electron chi connectivity index (χ2n) is 6.06. The first-order valence-electron chi connectivity index (χ1n) is 7.33. The summed E-state index contributed by atoms with van der Waals surface area (Å²) >= 11 is 5.55. The highest BCUT2D eigenvalue weighted by atomic mass is 79.9. The monoisotopic (exact) mass is 369 g/mol. The molecule has 0 fully saturated rings. The Balaban J connectivity index is 2.10. The average Bonchev–Trinajstić information content (AvgIpc) is 3.03. The molecule has 0 bridgehead atoms. The van der Waals surface area contributed by atoms with Crippen molar-refractivity contribution in [2.45, 2.75) is 19.3 Å². The molecule has 1 aliphatic rings. The van der Waals surface area contributed by atoms with Crippen molar-refractivity contribution in [1.82, 2.24) is 0 Å². The van der Waals surface area contributed by atoms with Crippen LogP contribution in [0.1, 0.15) is 25.0 Å². The molecular formula is C19H16BrNS. The molecule has 1 nitrogen and oxygen atoms in total. The molecule has 3 aromatic rings. The molecule has 1 aromatic heterocycles. The largest absolute Gasteiger partial charge is 0.300 e. The van der Waals surface area contributed by atoms with Crippen LogP contribution in [0.25, 0.3) is 0 Å². The van der Waals surface area contributed by atoms with Crippen LogP contribution in [-0.4, -0.2) is 0 Å². The predicted molar refractivity (Wildman–Crippen MR) is 98.8 cm³/mol. The number of fused-ring (bicyclic) bond motifs is 2. The summed E-state index contributed by atoms with van der Waals surface area (Å²) in [6, 6.07) is 19.5. The van der Waals surface area contributed by atoms with Gasteiger partial charge in [-0.25, -0.2) is 0 Å². The van der Waals surface area contributed by atoms with Crippen molar-refractivity contribution in [1.29, 1.82) is 0 Å². The van der Waals surface area contributed by atoms with E-state index in [0.29, 0.717) is 0 Å². The minimum Gasteiger partial charge on any atom is -0.300 e. The highest BCUT2D eigenvalue weighted by Gasteiger charge is 2.37. The summed E-state index contributed by atoms with van der Waals surface area (Å²) in [5.41, 5.74) is 5.25. The lowest BCUT2D eigenvalue weighted by molar-refractivity contribution is 0.631. The number of hydrogen-bond acceptors (Lipinski definition) is 2. The molecule has 2 heterocycles. The van der Waals surface area contributed by atoms with Crippen LogP contribution in [-0.2, 0) is 5.41 Å². The Morgan fingerprint density at radius 3 is 2.45 bits per heavy atom. The zero-order valence-corrected chi connectivity index (χ0v) is 14.9. The minimum absolute atomic E-state index is 0.0105. The number of rotatable bonds is 1. The first-order valence-corrected chi connectivity index (χ1v) is 9.00. The van der Waals surface area contributed by atoms with Gasteiger partial charge in [0.25, 0.3) is 0 Å². The SMILES string of the molecule is CC1(C)c2ccccc2N(c2cccs2)c2c(Br)cccc21. The molecular weight excluding hydrogens is 354 g/mol. The smallest absolute Gasteiger partial charge is 0.0999 e. The van der Waals surface area contributed by atoms with E-state index in [0.717, 1.165) is 4.47 Å². The Labute approximate surface area is 143 Å². The highest BCUT2D eigenvalue weighted by Crippen LogP contribution is 2.54. The predicted octanol–water partition coefficient (Wildman–Crippen LogP) is 6.62. The van der Waals surface area contributed by atoms with Crippen LogP contribution in [0.4, 0.5) is 16.4 Å². The topological polar surface area (TPSA) is 3.24 Å². The van der Waals surface area contributed by atoms with Gasteiger partial charge in [-0.1, -0.05) is 44.2 Å². The van der Waals surface area contributed by atoms with Crippen molar-refractivity contribution in [3.05, 3.63) is 75.6 Å². The number of benzene rings is 2. The summed E-state index contributed by atoms with van der Waals surface area (Å²) in [4.78, 5) is 2.38. The first-order chi connectivity index (χ1) is 10.6. The molecule has 1 aliphatic heterocycles. The lowest BCUT2D eigenvalue weighted by atomic mass is 9.74. The Morgan fingerprint density at radius 1 is 0.909 bits per heavy atom. The van der Waals surface area contributed by atoms with Crippen molar-refractivity contribution in [3.8, 4) is 0 Å². The van der Waals surface area contributed by atoms with Gasteiger partial charge in [0.2, 0.25) is 0 Å². The van der Waals surface area contributed by atoms with Gasteiger partial charge in [0.1, 0.15) is 0 Å². The fraction of sp³-hybridized carbons (Fsp3) is 0.158. The van der Waals surface area contributed by atoms with Gasteiger partial charge in [0, 0.05) is 9.89 Å². The van der Waals surface area contributed by atoms with E-state index in [1.54, 1.807) is 11.3 Å². The summed E-state index contributed by atoms with van der Waals surface area (Å²) in [5.74, 6) is 0. The normalized spacial score (nSPS) is 15.3. The molecule has 110 valence electrons. The van der Waals surface area contributed by atoms with E-state index in [1.165, 1.54) is 27.5 Å². The van der Waals surface area contributed by atoms with Crippen LogP contribution in [0.5, 0.6) is 0 Å². The van der Waals surface area contributed by atoms with Gasteiger partial charge in [-0.05, 0) is 56.7 Å². The number of nitrogens with zero attached hydrogens (tertiary/aromatic N) is 1. The van der Waals surface area contributed by atoms with Gasteiger partial charge < -0.3 is 4.90 Å². The zero-order valence-electron chi connectivity index (χ0n) is 12.5. The first kappa shape index (κ1) is 14.0. The molecule has 0 aliphatic carbocycles. The molecule has 0 amide bonds. The Morgan fingerprint density at radius 2 is 1.68 bits per heavy atom. The summed E-state index contributed by atoms with van der Waals surface area (Å²) < 4.78 is 1.14. The standard InChI is InChI=1S/C19H16BrNS/c1-19(2)13-7-3-4-10-16(13)21(17-11-6-12-22-17)18-14(19)8-5-9-15(18)20/h3-12H,1-2H3. The van der Waals surface area contributed by atoms with E-state index in [2.05, 4.69) is 94.7 Å². The molecule has 0 saturated heterocycles. The third-order valence-electron chi connectivity index (χ3n) is 4.43. The maximum Gasteiger partial charge on any atom is 0.0999 e. The minimum atomic E-state index is -0.0105. The van der Waals surface area contributed by atoms with E-state index >= 15 is 0 Å². The van der Waals surface area contributed by atoms with Crippen LogP contribution in [0.3, 0.4) is 0 Å². The molecule has 0 unspecified atom stereocenters. The number of para-hydroxylation sites is 2. The maximum absolute atomic E-state index is 3.77. The molecule has 22 heavy (non-hydrogen) atoms. The number of thiophene rings is 1. The van der Waals surface area contributed by atoms with Crippen LogP contribution < -0.4 is 4.90 Å². The highest BCUT2D eigenvalue weighted by molar-refractivity contribution is 9.10. The Kier molecular flexibility index (Phi) is 3.17. The molecule has 0 N–H and O–H groups in total. The van der Waals surface area contributed by atoms with E-state index in [9.17, 15) is 0 Å². The van der Waals surface area contributed by atoms with Crippen molar-refractivity contribution >= 4 is 43.6 Å². The van der Waals surface area contributed by atoms with Crippen LogP contribution in [0.15, 0.2) is 64.5 Å². The zero-order chi connectivity index (χ0) is 15.3. The second kappa shape index (κ2) is 4.97. The second-order valence-corrected chi connectivity index (χ2v) is 7.85. The summed E-state index contributed by atoms with van der Waals surface area (Å²) in [5, 5.41) is 3.38. The number of anilines is 3. The van der Waals surface area contributed by atoms with Gasteiger partial charge >= 0.3 is 0 Å². The Hall–Kier alpha value is -1.58. The van der Waals surface area contributed by atoms with E-state index in [-0.39, 0.29) is 5.41 Å². The fourth-order valence-corrected chi connectivity index (χ4v) is 4.63. The van der Waals surface area contributed by atoms with Crippen LogP contribution in [0.2, 0.25) is 0 Å². The molecule has 0 saturated carbocycles. The van der Waals surface area contributed by atoms with Crippen molar-refractivity contribution in [2.24, 2.45) is 0 Å². The molecule has 2 aromatic carbocycles. The number of hydrogen-bond donors (Lipinski definition) is 0. The fourth-order valence-electron chi connectivity index (χ4n) is 3.34. The third kappa shape index (κ3) is 1.89. The van der Waals surface area contributed by atoms with Crippen molar-refractivity contribution in [3.63, 3.8) is 0 Å². The van der Waals surface area contributed by atoms with Gasteiger partial charge in [-0.2, -0.15) is 0 Å². The quantitative estimate of drug-likeness (QED) is 0.465. The molecule has 3 heteroatoms. The third-order valence-corrected chi connectivity index (χ3v) is 5.92. The van der Waals surface area contributed by atoms with Gasteiger partial charge in [-0.3, -0.25) is 0 Å². The van der Waals surface area contributed by atoms with E-state index in [1.807, 2.05) is 0 Å². The van der Waals surface area contributed by atoms with Crippen molar-refractivity contribution in [2.75, 3.05) is 4.90 Å². The summed E-state index contributed by atoms with van der Waals surface area (Å²) in [6.45, 7) is 4.62. The van der Waals surface area contributed by atoms with Crippen LogP contribution >= 0.6 is 27.3 Å². The summed E-state index contributed by atoms with van der Waals surface area (Å²) in [7, 11) is 0. The van der Waals surface area contributed by atoms with Crippen molar-refractivity contribution < 1.29 is 0 Å². The lowest BCUT2D eigenvalue weighted by Gasteiger charge is -2.41. The summed E-state index contributed by atoms with van der Waals surface area (Å²) in [6.07, 6.45) is 0. The van der Waals surface area contributed by atoms with Gasteiger partial charge in [-0.15, -0.1) is 11.3 Å². The van der Waals surface area contributed by atoms with Gasteiger partial charge in [0.15, 0.2) is 0 Å². The average molecular weight is 370 g/mol. The maximum atomic E-state index is 3.77. The Bertz CT molecular complexity index is 836. The molecule has 0 radical (unpaired) electrons. The van der Waals surface area contributed by atoms with E-state index in [4.69, 9.17) is 0 Å². The lowest BCUT2D eigenvalue weighted by Crippen LogP contribution is -2.30. The molecule has 0 spiro atoms. The van der Waals surface area contributed by atoms with Gasteiger partial charge in [0.05, 0.1) is 16.4 Å².